The highest BCUT2D eigenvalue weighted by molar-refractivity contribution is 5.83. The van der Waals surface area contributed by atoms with E-state index in [-0.39, 0.29) is 6.04 Å². The van der Waals surface area contributed by atoms with E-state index in [9.17, 15) is 4.79 Å². The zero-order chi connectivity index (χ0) is 12.9. The Labute approximate surface area is 107 Å². The van der Waals surface area contributed by atoms with Gasteiger partial charge >= 0.3 is 0 Å². The van der Waals surface area contributed by atoms with Gasteiger partial charge in [-0.3, -0.25) is 4.79 Å². The van der Waals surface area contributed by atoms with Gasteiger partial charge in [0, 0.05) is 6.42 Å². The molecule has 0 aliphatic heterocycles. The van der Waals surface area contributed by atoms with Crippen molar-refractivity contribution >= 4 is 5.78 Å². The third kappa shape index (κ3) is 4.09. The van der Waals surface area contributed by atoms with Crippen LogP contribution in [0.25, 0.3) is 0 Å². The van der Waals surface area contributed by atoms with Gasteiger partial charge in [-0.05, 0) is 37.1 Å². The van der Waals surface area contributed by atoms with Gasteiger partial charge in [-0.2, -0.15) is 0 Å². The Morgan fingerprint density at radius 3 is 2.35 bits per heavy atom. The lowest BCUT2D eigenvalue weighted by atomic mass is 9.72. The summed E-state index contributed by atoms with van der Waals surface area (Å²) in [5, 5.41) is 3.36. The Kier molecular flexibility index (Phi) is 5.64. The summed E-state index contributed by atoms with van der Waals surface area (Å²) < 4.78 is 0. The topological polar surface area (TPSA) is 29.1 Å². The number of carbonyl (C=O) groups excluding carboxylic acids is 1. The molecule has 1 unspecified atom stereocenters. The lowest BCUT2D eigenvalue weighted by molar-refractivity contribution is -0.121. The van der Waals surface area contributed by atoms with E-state index in [2.05, 4.69) is 26.1 Å². The number of nitrogens with one attached hydrogen (secondary N) is 1. The number of rotatable bonds is 7. The van der Waals surface area contributed by atoms with Gasteiger partial charge in [0.1, 0.15) is 5.78 Å². The molecule has 2 heteroatoms. The van der Waals surface area contributed by atoms with Crippen LogP contribution in [-0.4, -0.2) is 18.4 Å². The molecule has 17 heavy (non-hydrogen) atoms. The monoisotopic (exact) mass is 239 g/mol. The Hall–Kier alpha value is -0.370. The van der Waals surface area contributed by atoms with Crippen molar-refractivity contribution in [3.8, 4) is 0 Å². The number of ketones is 1. The van der Waals surface area contributed by atoms with Gasteiger partial charge < -0.3 is 5.32 Å². The minimum Gasteiger partial charge on any atom is -0.308 e. The van der Waals surface area contributed by atoms with E-state index < -0.39 is 0 Å². The fourth-order valence-electron chi connectivity index (χ4n) is 3.19. The molecule has 0 aromatic rings. The van der Waals surface area contributed by atoms with Crippen molar-refractivity contribution in [2.45, 2.75) is 72.3 Å². The van der Waals surface area contributed by atoms with Gasteiger partial charge in [-0.25, -0.2) is 0 Å². The van der Waals surface area contributed by atoms with E-state index in [1.54, 1.807) is 0 Å². The minimum atomic E-state index is 0.0700. The molecular formula is C15H29NO. The fraction of sp³-hybridized carbons (Fsp3) is 0.933. The van der Waals surface area contributed by atoms with Crippen LogP contribution >= 0.6 is 0 Å². The molecule has 100 valence electrons. The van der Waals surface area contributed by atoms with Crippen LogP contribution in [-0.2, 0) is 4.79 Å². The molecule has 1 saturated carbocycles. The molecule has 1 aliphatic rings. The first-order chi connectivity index (χ1) is 8.01. The molecule has 0 spiro atoms. The SMILES string of the molecule is CCNC(CC(C)(C)C1CCCC1)C(=O)CC. The van der Waals surface area contributed by atoms with E-state index in [0.29, 0.717) is 17.6 Å². The Morgan fingerprint density at radius 1 is 1.29 bits per heavy atom. The largest absolute Gasteiger partial charge is 0.308 e. The molecule has 1 atom stereocenters. The smallest absolute Gasteiger partial charge is 0.149 e. The normalized spacial score (nSPS) is 19.5. The highest BCUT2D eigenvalue weighted by atomic mass is 16.1. The first-order valence-electron chi connectivity index (χ1n) is 7.27. The van der Waals surface area contributed by atoms with Gasteiger partial charge in [0.05, 0.1) is 6.04 Å². The van der Waals surface area contributed by atoms with Crippen molar-refractivity contribution in [2.24, 2.45) is 11.3 Å². The molecule has 2 nitrogen and oxygen atoms in total. The zero-order valence-corrected chi connectivity index (χ0v) is 12.0. The maximum absolute atomic E-state index is 11.9. The summed E-state index contributed by atoms with van der Waals surface area (Å²) in [5.41, 5.74) is 0.300. The molecule has 1 N–H and O–H groups in total. The van der Waals surface area contributed by atoms with Crippen LogP contribution in [0.5, 0.6) is 0 Å². The van der Waals surface area contributed by atoms with Crippen molar-refractivity contribution in [2.75, 3.05) is 6.54 Å². The summed E-state index contributed by atoms with van der Waals surface area (Å²) in [6.07, 6.45) is 7.11. The molecule has 0 radical (unpaired) electrons. The average Bonchev–Trinajstić information content (AvgIpc) is 2.81. The number of Topliss-reactive ketones (excluding diaryl/α,β-unsaturated/α-hetero) is 1. The standard InChI is InChI=1S/C15H29NO/c1-5-14(17)13(16-6-2)11-15(3,4)12-9-7-8-10-12/h12-13,16H,5-11H2,1-4H3. The Balaban J connectivity index is 2.60. The van der Waals surface area contributed by atoms with Crippen LogP contribution in [0.3, 0.4) is 0 Å². The van der Waals surface area contributed by atoms with Crippen molar-refractivity contribution < 1.29 is 4.79 Å². The summed E-state index contributed by atoms with van der Waals surface area (Å²) in [6.45, 7) is 9.62. The quantitative estimate of drug-likeness (QED) is 0.736. The highest BCUT2D eigenvalue weighted by Gasteiger charge is 2.35. The van der Waals surface area contributed by atoms with Gasteiger partial charge in [-0.1, -0.05) is 40.5 Å². The van der Waals surface area contributed by atoms with Crippen LogP contribution in [0.15, 0.2) is 0 Å². The van der Waals surface area contributed by atoms with E-state index in [1.165, 1.54) is 25.7 Å². The average molecular weight is 239 g/mol. The molecule has 1 fully saturated rings. The second kappa shape index (κ2) is 6.53. The number of carbonyl (C=O) groups is 1. The van der Waals surface area contributed by atoms with Crippen LogP contribution in [0, 0.1) is 11.3 Å². The molecule has 0 aromatic heterocycles. The first kappa shape index (κ1) is 14.7. The molecule has 0 aromatic carbocycles. The lowest BCUT2D eigenvalue weighted by Crippen LogP contribution is -2.41. The van der Waals surface area contributed by atoms with Crippen LogP contribution < -0.4 is 5.32 Å². The maximum Gasteiger partial charge on any atom is 0.149 e. The van der Waals surface area contributed by atoms with Crippen LogP contribution in [0.1, 0.15) is 66.2 Å². The number of hydrogen-bond acceptors (Lipinski definition) is 2. The third-order valence-corrected chi connectivity index (χ3v) is 4.38. The summed E-state index contributed by atoms with van der Waals surface area (Å²) in [5.74, 6) is 1.19. The van der Waals surface area contributed by atoms with Crippen LogP contribution in [0.4, 0.5) is 0 Å². The number of likely N-dealkylation sites (N-methyl/N-ethyl adjacent to an activating group) is 1. The van der Waals surface area contributed by atoms with Crippen molar-refractivity contribution in [3.05, 3.63) is 0 Å². The highest BCUT2D eigenvalue weighted by Crippen LogP contribution is 2.42. The minimum absolute atomic E-state index is 0.0700. The van der Waals surface area contributed by atoms with Gasteiger partial charge in [0.15, 0.2) is 0 Å². The predicted octanol–water partition coefficient (Wildman–Crippen LogP) is 3.55. The Bertz CT molecular complexity index is 241. The zero-order valence-electron chi connectivity index (χ0n) is 12.0. The van der Waals surface area contributed by atoms with Gasteiger partial charge in [-0.15, -0.1) is 0 Å². The second-order valence-corrected chi connectivity index (χ2v) is 6.10. The predicted molar refractivity (Wildman–Crippen MR) is 73.1 cm³/mol. The molecule has 0 bridgehead atoms. The number of hydrogen-bond donors (Lipinski definition) is 1. The van der Waals surface area contributed by atoms with Crippen molar-refractivity contribution in [3.63, 3.8) is 0 Å². The Morgan fingerprint density at radius 2 is 1.88 bits per heavy atom. The molecular weight excluding hydrogens is 210 g/mol. The molecule has 0 heterocycles. The van der Waals surface area contributed by atoms with Gasteiger partial charge in [0.25, 0.3) is 0 Å². The molecule has 1 rings (SSSR count). The lowest BCUT2D eigenvalue weighted by Gasteiger charge is -2.35. The van der Waals surface area contributed by atoms with E-state index in [4.69, 9.17) is 0 Å². The van der Waals surface area contributed by atoms with Crippen LogP contribution in [0.2, 0.25) is 0 Å². The second-order valence-electron chi connectivity index (χ2n) is 6.10. The van der Waals surface area contributed by atoms with E-state index >= 15 is 0 Å². The third-order valence-electron chi connectivity index (χ3n) is 4.38. The summed E-state index contributed by atoms with van der Waals surface area (Å²) in [7, 11) is 0. The fourth-order valence-corrected chi connectivity index (χ4v) is 3.19. The molecule has 0 amide bonds. The van der Waals surface area contributed by atoms with Crippen molar-refractivity contribution in [1.29, 1.82) is 0 Å². The van der Waals surface area contributed by atoms with E-state index in [1.807, 2.05) is 6.92 Å². The summed E-state index contributed by atoms with van der Waals surface area (Å²) in [4.78, 5) is 11.9. The summed E-state index contributed by atoms with van der Waals surface area (Å²) >= 11 is 0. The summed E-state index contributed by atoms with van der Waals surface area (Å²) in [6, 6.07) is 0.0700. The first-order valence-corrected chi connectivity index (χ1v) is 7.27. The maximum atomic E-state index is 11.9. The van der Waals surface area contributed by atoms with E-state index in [0.717, 1.165) is 18.9 Å². The molecule has 1 aliphatic carbocycles. The molecule has 0 saturated heterocycles. The van der Waals surface area contributed by atoms with Gasteiger partial charge in [0.2, 0.25) is 0 Å². The van der Waals surface area contributed by atoms with Crippen molar-refractivity contribution in [1.82, 2.24) is 5.32 Å².